The normalized spacial score (nSPS) is 19.0. The van der Waals surface area contributed by atoms with Gasteiger partial charge in [0.25, 0.3) is 0 Å². The van der Waals surface area contributed by atoms with Crippen LogP contribution in [-0.4, -0.2) is 48.1 Å². The number of nitrogens with one attached hydrogen (secondary N) is 2. The molecule has 4 N–H and O–H groups in total. The van der Waals surface area contributed by atoms with Crippen molar-refractivity contribution >= 4 is 46.7 Å². The lowest BCUT2D eigenvalue weighted by atomic mass is 9.92. The number of anilines is 4. The number of nitrogens with zero attached hydrogens (tertiary/aromatic N) is 3. The molecule has 1 saturated heterocycles. The molecular formula is C18H19ClN6O3. The number of nitrogen functional groups attached to an aromatic ring is 1. The highest BCUT2D eigenvalue weighted by atomic mass is 35.5. The molecule has 2 aromatic rings. The lowest BCUT2D eigenvalue weighted by Crippen LogP contribution is -2.38. The largest absolute Gasteiger partial charge is 0.383 e. The summed E-state index contributed by atoms with van der Waals surface area (Å²) >= 11 is 6.12. The molecule has 4 rings (SSSR count). The first kappa shape index (κ1) is 18.5. The van der Waals surface area contributed by atoms with Crippen LogP contribution in [0.3, 0.4) is 0 Å². The maximum Gasteiger partial charge on any atom is 0.232 e. The minimum absolute atomic E-state index is 0.0479. The molecule has 1 fully saturated rings. The smallest absolute Gasteiger partial charge is 0.232 e. The first-order chi connectivity index (χ1) is 13.5. The molecule has 0 unspecified atom stereocenters. The highest BCUT2D eigenvalue weighted by Crippen LogP contribution is 2.37. The number of rotatable bonds is 3. The van der Waals surface area contributed by atoms with Crippen molar-refractivity contribution in [1.82, 2.24) is 9.97 Å². The van der Waals surface area contributed by atoms with Crippen LogP contribution in [0.5, 0.6) is 0 Å². The van der Waals surface area contributed by atoms with Gasteiger partial charge in [-0.3, -0.25) is 9.59 Å². The third kappa shape index (κ3) is 3.58. The quantitative estimate of drug-likeness (QED) is 0.712. The maximum absolute atomic E-state index is 12.9. The number of nitrogens with two attached hydrogens (primary N) is 1. The highest BCUT2D eigenvalue weighted by Gasteiger charge is 2.35. The van der Waals surface area contributed by atoms with Gasteiger partial charge < -0.3 is 26.0 Å². The molecule has 146 valence electrons. The Morgan fingerprint density at radius 3 is 2.79 bits per heavy atom. The van der Waals surface area contributed by atoms with Gasteiger partial charge in [-0.25, -0.2) is 0 Å². The van der Waals surface area contributed by atoms with E-state index in [1.54, 1.807) is 24.3 Å². The third-order valence-corrected chi connectivity index (χ3v) is 5.03. The first-order valence-electron chi connectivity index (χ1n) is 8.88. The number of carbonyl (C=O) groups is 2. The first-order valence-corrected chi connectivity index (χ1v) is 9.26. The number of morpholine rings is 1. The molecule has 28 heavy (non-hydrogen) atoms. The number of hydrogen-bond acceptors (Lipinski definition) is 7. The molecule has 0 radical (unpaired) electrons. The molecule has 0 aliphatic carbocycles. The topological polar surface area (TPSA) is 122 Å². The van der Waals surface area contributed by atoms with E-state index in [0.717, 1.165) is 0 Å². The molecule has 1 aromatic heterocycles. The summed E-state index contributed by atoms with van der Waals surface area (Å²) in [5.74, 6) is -0.655. The molecule has 0 saturated carbocycles. The molecule has 2 aliphatic heterocycles. The standard InChI is InChI=1S/C18H19ClN6O3/c19-11-3-1-2-4-12(11)21-17(27)10-9-13(26)22-16-14(10)15(20)23-18(24-16)25-5-7-28-8-6-25/h1-4,10H,5-9H2,(H,21,27)(H3,20,22,23,24,26)/t10-/m1/s1. The van der Waals surface area contributed by atoms with Crippen molar-refractivity contribution < 1.29 is 14.3 Å². The van der Waals surface area contributed by atoms with Gasteiger partial charge >= 0.3 is 0 Å². The van der Waals surface area contributed by atoms with Crippen LogP contribution in [-0.2, 0) is 14.3 Å². The van der Waals surface area contributed by atoms with E-state index in [4.69, 9.17) is 22.1 Å². The van der Waals surface area contributed by atoms with Crippen molar-refractivity contribution in [3.05, 3.63) is 34.9 Å². The molecule has 1 aromatic carbocycles. The fraction of sp³-hybridized carbons (Fsp3) is 0.333. The van der Waals surface area contributed by atoms with Gasteiger partial charge in [-0.1, -0.05) is 23.7 Å². The van der Waals surface area contributed by atoms with Crippen molar-refractivity contribution in [2.24, 2.45) is 0 Å². The molecular weight excluding hydrogens is 384 g/mol. The van der Waals surface area contributed by atoms with Gasteiger partial charge in [0.05, 0.1) is 35.4 Å². The van der Waals surface area contributed by atoms with Gasteiger partial charge in [-0.2, -0.15) is 9.97 Å². The van der Waals surface area contributed by atoms with E-state index < -0.39 is 11.8 Å². The number of halogens is 1. The highest BCUT2D eigenvalue weighted by molar-refractivity contribution is 6.33. The van der Waals surface area contributed by atoms with Crippen molar-refractivity contribution in [1.29, 1.82) is 0 Å². The number of benzene rings is 1. The zero-order chi connectivity index (χ0) is 19.7. The van der Waals surface area contributed by atoms with Crippen LogP contribution in [0.15, 0.2) is 24.3 Å². The second-order valence-corrected chi connectivity index (χ2v) is 6.95. The van der Waals surface area contributed by atoms with Gasteiger partial charge in [0.1, 0.15) is 11.6 Å². The second-order valence-electron chi connectivity index (χ2n) is 6.54. The Balaban J connectivity index is 1.65. The average Bonchev–Trinajstić information content (AvgIpc) is 2.69. The molecule has 2 amide bonds. The summed E-state index contributed by atoms with van der Waals surface area (Å²) in [7, 11) is 0. The van der Waals surface area contributed by atoms with Gasteiger partial charge in [-0.05, 0) is 12.1 Å². The average molecular weight is 403 g/mol. The SMILES string of the molecule is Nc1nc(N2CCOCC2)nc2c1[C@H](C(=O)Nc1ccccc1Cl)CC(=O)N2. The van der Waals surface area contributed by atoms with Crippen LogP contribution in [0.4, 0.5) is 23.3 Å². The van der Waals surface area contributed by atoms with Crippen LogP contribution < -0.4 is 21.3 Å². The Morgan fingerprint density at radius 2 is 2.04 bits per heavy atom. The summed E-state index contributed by atoms with van der Waals surface area (Å²) in [6.07, 6.45) is -0.0479. The number of ether oxygens (including phenoxy) is 1. The Hall–Kier alpha value is -2.91. The molecule has 0 spiro atoms. The molecule has 1 atom stereocenters. The fourth-order valence-corrected chi connectivity index (χ4v) is 3.48. The van der Waals surface area contributed by atoms with Gasteiger partial charge in [0, 0.05) is 19.5 Å². The van der Waals surface area contributed by atoms with Crippen molar-refractivity contribution in [3.63, 3.8) is 0 Å². The van der Waals surface area contributed by atoms with Gasteiger partial charge in [0.15, 0.2) is 0 Å². The van der Waals surface area contributed by atoms with E-state index in [1.165, 1.54) is 0 Å². The molecule has 3 heterocycles. The zero-order valence-electron chi connectivity index (χ0n) is 14.9. The molecule has 2 aliphatic rings. The maximum atomic E-state index is 12.9. The van der Waals surface area contributed by atoms with Crippen LogP contribution in [0.2, 0.25) is 5.02 Å². The third-order valence-electron chi connectivity index (χ3n) is 4.70. The number of fused-ring (bicyclic) bond motifs is 1. The summed E-state index contributed by atoms with van der Waals surface area (Å²) in [5, 5.41) is 5.87. The van der Waals surface area contributed by atoms with Crippen molar-refractivity contribution in [3.8, 4) is 0 Å². The van der Waals surface area contributed by atoms with Crippen LogP contribution in [0, 0.1) is 0 Å². The number of para-hydroxylation sites is 1. The number of aromatic nitrogens is 2. The van der Waals surface area contributed by atoms with Gasteiger partial charge in [-0.15, -0.1) is 0 Å². The number of carbonyl (C=O) groups excluding carboxylic acids is 2. The van der Waals surface area contributed by atoms with Crippen LogP contribution >= 0.6 is 11.6 Å². The van der Waals surface area contributed by atoms with Gasteiger partial charge in [0.2, 0.25) is 17.8 Å². The number of hydrogen-bond donors (Lipinski definition) is 3. The second kappa shape index (κ2) is 7.61. The van der Waals surface area contributed by atoms with E-state index in [1.807, 2.05) is 4.90 Å². The van der Waals surface area contributed by atoms with Crippen molar-refractivity contribution in [2.75, 3.05) is 47.6 Å². The summed E-state index contributed by atoms with van der Waals surface area (Å²) in [4.78, 5) is 35.8. The summed E-state index contributed by atoms with van der Waals surface area (Å²) in [5.41, 5.74) is 7.06. The molecule has 10 heteroatoms. The zero-order valence-corrected chi connectivity index (χ0v) is 15.7. The van der Waals surface area contributed by atoms with E-state index in [9.17, 15) is 9.59 Å². The summed E-state index contributed by atoms with van der Waals surface area (Å²) < 4.78 is 5.33. The van der Waals surface area contributed by atoms with Crippen LogP contribution in [0.1, 0.15) is 17.9 Å². The Labute approximate surface area is 166 Å². The minimum Gasteiger partial charge on any atom is -0.383 e. The van der Waals surface area contributed by atoms with E-state index in [-0.39, 0.29) is 24.0 Å². The Morgan fingerprint density at radius 1 is 1.29 bits per heavy atom. The summed E-state index contributed by atoms with van der Waals surface area (Å²) in [6, 6.07) is 6.88. The Bertz CT molecular complexity index is 932. The molecule has 0 bridgehead atoms. The van der Waals surface area contributed by atoms with Crippen molar-refractivity contribution in [2.45, 2.75) is 12.3 Å². The summed E-state index contributed by atoms with van der Waals surface area (Å²) in [6.45, 7) is 2.39. The predicted molar refractivity (Wildman–Crippen MR) is 106 cm³/mol. The van der Waals surface area contributed by atoms with E-state index >= 15 is 0 Å². The molecule has 9 nitrogen and oxygen atoms in total. The lowest BCUT2D eigenvalue weighted by Gasteiger charge is -2.30. The van der Waals surface area contributed by atoms with E-state index in [0.29, 0.717) is 48.5 Å². The lowest BCUT2D eigenvalue weighted by molar-refractivity contribution is -0.123. The predicted octanol–water partition coefficient (Wildman–Crippen LogP) is 1.61. The van der Waals surface area contributed by atoms with Crippen LogP contribution in [0.25, 0.3) is 0 Å². The fourth-order valence-electron chi connectivity index (χ4n) is 3.29. The Kier molecular flexibility index (Phi) is 5.01. The monoisotopic (exact) mass is 402 g/mol. The minimum atomic E-state index is -0.807. The number of amides is 2. The van der Waals surface area contributed by atoms with E-state index in [2.05, 4.69) is 20.6 Å².